The van der Waals surface area contributed by atoms with Gasteiger partial charge in [-0.1, -0.05) is 300 Å². The van der Waals surface area contributed by atoms with E-state index in [1.807, 2.05) is 97.1 Å². The van der Waals surface area contributed by atoms with Crippen LogP contribution in [0.1, 0.15) is 40.0 Å². The summed E-state index contributed by atoms with van der Waals surface area (Å²) in [4.78, 5) is 4.92. The molecule has 0 saturated heterocycles. The van der Waals surface area contributed by atoms with Gasteiger partial charge in [0.25, 0.3) is 6.71 Å². The smallest absolute Gasteiger partial charge is 0.252 e. The molecule has 2 aromatic heterocycles. The summed E-state index contributed by atoms with van der Waals surface area (Å²) in [5.74, 6) is 0. The highest BCUT2D eigenvalue weighted by Crippen LogP contribution is 2.56. The number of rotatable bonds is 10. The van der Waals surface area contributed by atoms with Crippen LogP contribution in [0.2, 0.25) is 0 Å². The molecule has 99 heavy (non-hydrogen) atoms. The van der Waals surface area contributed by atoms with E-state index in [9.17, 15) is 5.48 Å². The van der Waals surface area contributed by atoms with Crippen molar-refractivity contribution >= 4 is 120 Å². The predicted molar refractivity (Wildman–Crippen MR) is 428 cm³/mol. The second-order valence-corrected chi connectivity index (χ2v) is 28.8. The van der Waals surface area contributed by atoms with Crippen LogP contribution in [0, 0.1) is 0 Å². The van der Waals surface area contributed by atoms with Crippen LogP contribution in [-0.4, -0.2) is 6.71 Å². The van der Waals surface area contributed by atoms with Gasteiger partial charge < -0.3 is 9.80 Å². The van der Waals surface area contributed by atoms with Gasteiger partial charge in [-0.15, -0.1) is 22.7 Å². The molecule has 19 rings (SSSR count). The minimum atomic E-state index is -0.511. The van der Waals surface area contributed by atoms with Crippen LogP contribution in [-0.2, 0) is 5.41 Å². The van der Waals surface area contributed by atoms with Gasteiger partial charge >= 0.3 is 0 Å². The van der Waals surface area contributed by atoms with Gasteiger partial charge in [0, 0.05) is 85.3 Å². The first kappa shape index (κ1) is 49.0. The lowest BCUT2D eigenvalue weighted by Gasteiger charge is -2.46. The van der Waals surface area contributed by atoms with Gasteiger partial charge in [-0.2, -0.15) is 0 Å². The molecule has 2 nitrogen and oxygen atoms in total. The minimum absolute atomic E-state index is 0.0913. The fourth-order valence-electron chi connectivity index (χ4n) is 15.4. The molecule has 0 spiro atoms. The standard InChI is InChI=1S/C94H65BN2S2/c1-94(2,3)70-58-85-89-86(59-70)97(91-79(64-36-18-8-19-37-64)54-69(61-30-12-5-13-31-61)55-80(91)65-38-20-9-21-39-65)84-51-49-67(72-43-27-45-76-74-41-23-25-47-88(74)99-93(72)76)57-82(84)95(89)81-56-66(71-42-26-44-75-73-40-22-24-46-87(73)98-92(71)75)48-50-83(81)96(85)90-77(62-32-14-6-15-33-62)52-68(60-28-10-4-11-29-60)53-78(90)63-34-16-7-17-35-63/h4-59H,1-3H3/i4D,5D,10D,11D,12D,13D,28D,29D,30D,31D. The monoisotopic (exact) mass is 1310 g/mol. The number of nitrogens with zero attached hydrogens (tertiary/aromatic N) is 2. The van der Waals surface area contributed by atoms with Crippen molar-refractivity contribution in [1.29, 1.82) is 0 Å². The third-order valence-corrected chi connectivity index (χ3v) is 22.4. The van der Waals surface area contributed by atoms with E-state index in [1.54, 1.807) is 22.7 Å². The molecule has 0 saturated carbocycles. The van der Waals surface area contributed by atoms with Gasteiger partial charge in [0.1, 0.15) is 0 Å². The summed E-state index contributed by atoms with van der Waals surface area (Å²) < 4.78 is 97.0. The lowest BCUT2D eigenvalue weighted by molar-refractivity contribution is 0.590. The van der Waals surface area contributed by atoms with E-state index in [2.05, 4.69) is 213 Å². The number of hydrogen-bond acceptors (Lipinski definition) is 4. The Morgan fingerprint density at radius 1 is 0.293 bits per heavy atom. The molecule has 0 amide bonds. The van der Waals surface area contributed by atoms with E-state index in [4.69, 9.17) is 8.22 Å². The lowest BCUT2D eigenvalue weighted by Crippen LogP contribution is -2.61. The molecule has 17 aromatic rings. The average molecular weight is 1310 g/mol. The Morgan fingerprint density at radius 2 is 0.646 bits per heavy atom. The van der Waals surface area contributed by atoms with E-state index in [1.165, 1.54) is 40.3 Å². The van der Waals surface area contributed by atoms with Gasteiger partial charge in [0.05, 0.1) is 25.1 Å². The van der Waals surface area contributed by atoms with Gasteiger partial charge in [0.2, 0.25) is 0 Å². The van der Waals surface area contributed by atoms with E-state index >= 15 is 0 Å². The molecule has 0 radical (unpaired) electrons. The van der Waals surface area contributed by atoms with Gasteiger partial charge in [-0.3, -0.25) is 0 Å². The van der Waals surface area contributed by atoms with Gasteiger partial charge in [-0.05, 0) is 155 Å². The third kappa shape index (κ3) is 9.82. The fraction of sp³-hybridized carbons (Fsp3) is 0.0426. The summed E-state index contributed by atoms with van der Waals surface area (Å²) >= 11 is 3.60. The third-order valence-electron chi connectivity index (χ3n) is 19.9. The summed E-state index contributed by atoms with van der Waals surface area (Å²) in [6, 6.07) is 94.4. The lowest BCUT2D eigenvalue weighted by atomic mass is 9.33. The Hall–Kier alpha value is -11.6. The number of anilines is 6. The predicted octanol–water partition coefficient (Wildman–Crippen LogP) is 25.1. The maximum Gasteiger partial charge on any atom is 0.252 e. The Kier molecular flexibility index (Phi) is 11.7. The molecular weight excluding hydrogens is 1230 g/mol. The van der Waals surface area contributed by atoms with Crippen molar-refractivity contribution in [2.75, 3.05) is 9.80 Å². The highest BCUT2D eigenvalue weighted by Gasteiger charge is 2.46. The molecule has 4 heterocycles. The zero-order valence-electron chi connectivity index (χ0n) is 64.3. The summed E-state index contributed by atoms with van der Waals surface area (Å²) in [6.07, 6.45) is 0. The first-order valence-electron chi connectivity index (χ1n) is 38.5. The Bertz CT molecular complexity index is 6110. The summed E-state index contributed by atoms with van der Waals surface area (Å²) in [7, 11) is 0. The number of hydrogen-bond donors (Lipinski definition) is 0. The second kappa shape index (κ2) is 23.6. The molecule has 2 aliphatic heterocycles. The fourth-order valence-corrected chi connectivity index (χ4v) is 17.9. The molecular formula is C94H65BN2S2. The molecule has 0 atom stereocenters. The van der Waals surface area contributed by atoms with E-state index in [0.717, 1.165) is 123 Å². The van der Waals surface area contributed by atoms with Crippen LogP contribution in [0.5, 0.6) is 0 Å². The van der Waals surface area contributed by atoms with Crippen molar-refractivity contribution < 1.29 is 13.7 Å². The maximum absolute atomic E-state index is 9.59. The first-order chi connectivity index (χ1) is 52.9. The number of thiophene rings is 2. The minimum Gasteiger partial charge on any atom is -0.310 e. The van der Waals surface area contributed by atoms with E-state index in [-0.39, 0.29) is 35.3 Å². The topological polar surface area (TPSA) is 6.48 Å². The largest absolute Gasteiger partial charge is 0.310 e. The molecule has 0 bridgehead atoms. The van der Waals surface area contributed by atoms with Crippen LogP contribution in [0.3, 0.4) is 0 Å². The zero-order chi connectivity index (χ0) is 74.6. The van der Waals surface area contributed by atoms with Crippen molar-refractivity contribution in [3.05, 3.63) is 345 Å². The molecule has 2 aliphatic rings. The normalized spacial score (nSPS) is 13.9. The van der Waals surface area contributed by atoms with Gasteiger partial charge in [0.15, 0.2) is 0 Å². The molecule has 5 heteroatoms. The maximum atomic E-state index is 9.59. The Labute approximate surface area is 600 Å². The summed E-state index contributed by atoms with van der Waals surface area (Å²) in [6.45, 7) is 6.27. The molecule has 0 fully saturated rings. The number of benzene rings is 15. The summed E-state index contributed by atoms with van der Waals surface area (Å²) in [5, 5.41) is 4.76. The molecule has 0 unspecified atom stereocenters. The van der Waals surface area contributed by atoms with Crippen LogP contribution in [0.25, 0.3) is 129 Å². The van der Waals surface area contributed by atoms with Crippen LogP contribution in [0.4, 0.5) is 34.1 Å². The number of fused-ring (bicyclic) bond motifs is 10. The van der Waals surface area contributed by atoms with Crippen molar-refractivity contribution in [2.45, 2.75) is 26.2 Å². The molecule has 0 aliphatic carbocycles. The van der Waals surface area contributed by atoms with Crippen LogP contribution < -0.4 is 26.2 Å². The zero-order valence-corrected chi connectivity index (χ0v) is 56.0. The van der Waals surface area contributed by atoms with E-state index in [0.29, 0.717) is 11.1 Å². The van der Waals surface area contributed by atoms with Crippen molar-refractivity contribution in [1.82, 2.24) is 0 Å². The van der Waals surface area contributed by atoms with Crippen LogP contribution >= 0.6 is 22.7 Å². The second-order valence-electron chi connectivity index (χ2n) is 26.7. The van der Waals surface area contributed by atoms with E-state index < -0.39 is 48.4 Å². The SMILES string of the molecule is [2H]c1c([2H])c([2H])c(-c2cc(-c3ccccc3)c(N3c4ccc(-c5cccc6c5sc5ccccc56)cc4B4c5cc(-c6cccc7c6sc6ccccc67)ccc5N(c5c(-c6ccccc6)cc(-c6c([2H])c([2H])c([2H])c([2H])c6[2H])cc5-c5ccccc5)c5cc(C(C)(C)C)cc3c54)c(-c3ccccc3)c2)c([2H])c1[2H]. The van der Waals surface area contributed by atoms with Crippen molar-refractivity contribution in [2.24, 2.45) is 0 Å². The first-order valence-corrected chi connectivity index (χ1v) is 35.1. The van der Waals surface area contributed by atoms with Crippen LogP contribution in [0.15, 0.2) is 339 Å². The highest BCUT2D eigenvalue weighted by molar-refractivity contribution is 7.26. The van der Waals surface area contributed by atoms with Gasteiger partial charge in [-0.25, -0.2) is 0 Å². The molecule has 0 N–H and O–H groups in total. The Balaban J connectivity index is 1.00. The molecule has 15 aromatic carbocycles. The van der Waals surface area contributed by atoms with Crippen molar-refractivity contribution in [3.8, 4) is 89.0 Å². The highest BCUT2D eigenvalue weighted by atomic mass is 32.1. The summed E-state index contributed by atoms with van der Waals surface area (Å²) in [5.41, 5.74) is 20.6. The average Bonchev–Trinajstić information content (AvgIpc) is 0.982. The molecule has 466 valence electrons. The van der Waals surface area contributed by atoms with Crippen molar-refractivity contribution in [3.63, 3.8) is 0 Å². The Morgan fingerprint density at radius 3 is 1.02 bits per heavy atom. The quantitative estimate of drug-likeness (QED) is 0.126.